The van der Waals surface area contributed by atoms with Crippen molar-refractivity contribution in [2.24, 2.45) is 5.73 Å². The molecule has 1 fully saturated rings. The number of hydrogen-bond acceptors (Lipinski definition) is 4. The summed E-state index contributed by atoms with van der Waals surface area (Å²) >= 11 is 0. The van der Waals surface area contributed by atoms with Crippen LogP contribution in [0.25, 0.3) is 44.4 Å². The summed E-state index contributed by atoms with van der Waals surface area (Å²) in [5, 5.41) is 1.15. The van der Waals surface area contributed by atoms with Crippen LogP contribution in [0.15, 0.2) is 79.1 Å². The van der Waals surface area contributed by atoms with Gasteiger partial charge in [0.15, 0.2) is 0 Å². The number of anilines is 1. The smallest absolute Gasteiger partial charge is 0.204 e. The van der Waals surface area contributed by atoms with E-state index in [1.165, 1.54) is 50.2 Å². The van der Waals surface area contributed by atoms with Crippen molar-refractivity contribution >= 4 is 23.1 Å². The van der Waals surface area contributed by atoms with E-state index >= 15 is 0 Å². The van der Waals surface area contributed by atoms with Crippen LogP contribution in [0.3, 0.4) is 0 Å². The number of carbonyl (C=O) groups excluding carboxylic acids is 1. The van der Waals surface area contributed by atoms with Gasteiger partial charge >= 0.3 is 0 Å². The Morgan fingerprint density at radius 3 is 2.20 bits per heavy atom. The lowest BCUT2D eigenvalue weighted by Crippen LogP contribution is -2.44. The predicted molar refractivity (Wildman–Crippen MR) is 167 cm³/mol. The number of rotatable bonds is 4. The molecule has 0 saturated carbocycles. The third-order valence-electron chi connectivity index (χ3n) is 7.97. The number of aryl methyl sites for hydroxylation is 2. The van der Waals surface area contributed by atoms with Crippen molar-refractivity contribution in [2.75, 3.05) is 38.1 Å². The molecule has 0 bridgehead atoms. The van der Waals surface area contributed by atoms with E-state index in [-0.39, 0.29) is 6.41 Å². The first-order chi connectivity index (χ1) is 19.4. The zero-order valence-corrected chi connectivity index (χ0v) is 23.7. The van der Waals surface area contributed by atoms with Crippen LogP contribution in [0.2, 0.25) is 0 Å². The number of benzene rings is 3. The van der Waals surface area contributed by atoms with Crippen LogP contribution in [0.5, 0.6) is 0 Å². The standard InChI is InChI=1S/C33H34N4.CH3NO/c1-22-16-27(18-29(24(22)3)25-8-6-5-7-9-25)31-21-35-33-30(31)19-28(20-34-33)26-10-11-32(23(2)17-26)37-14-12-36(4)13-15-37;2-1-3/h5-11,16-21H,12-15H2,1-4H3,(H,34,35);1H,(H2,2,3). The molecule has 6 rings (SSSR count). The maximum Gasteiger partial charge on any atom is 0.204 e. The zero-order valence-electron chi connectivity index (χ0n) is 23.7. The number of nitrogens with one attached hydrogen (secondary N) is 1. The number of nitrogens with two attached hydrogens (primary N) is 1. The molecule has 5 aromatic rings. The van der Waals surface area contributed by atoms with Gasteiger partial charge in [-0.15, -0.1) is 0 Å². The first-order valence-electron chi connectivity index (χ1n) is 13.7. The van der Waals surface area contributed by atoms with E-state index in [4.69, 9.17) is 9.78 Å². The van der Waals surface area contributed by atoms with Gasteiger partial charge in [-0.25, -0.2) is 4.98 Å². The molecule has 1 aliphatic heterocycles. The second-order valence-corrected chi connectivity index (χ2v) is 10.6. The first-order valence-corrected chi connectivity index (χ1v) is 13.7. The van der Waals surface area contributed by atoms with Crippen LogP contribution >= 0.6 is 0 Å². The molecule has 6 heteroatoms. The number of fused-ring (bicyclic) bond motifs is 1. The van der Waals surface area contributed by atoms with Gasteiger partial charge in [-0.3, -0.25) is 4.79 Å². The van der Waals surface area contributed by atoms with Crippen molar-refractivity contribution in [1.29, 1.82) is 0 Å². The number of aromatic amines is 1. The van der Waals surface area contributed by atoms with Gasteiger partial charge in [0, 0.05) is 60.8 Å². The van der Waals surface area contributed by atoms with Crippen LogP contribution in [-0.4, -0.2) is 54.5 Å². The number of piperazine rings is 1. The van der Waals surface area contributed by atoms with E-state index < -0.39 is 0 Å². The molecule has 3 aromatic carbocycles. The van der Waals surface area contributed by atoms with Gasteiger partial charge < -0.3 is 20.5 Å². The molecule has 204 valence electrons. The third-order valence-corrected chi connectivity index (χ3v) is 7.97. The topological polar surface area (TPSA) is 78.2 Å². The Bertz CT molecular complexity index is 1630. The molecule has 6 nitrogen and oxygen atoms in total. The fourth-order valence-corrected chi connectivity index (χ4v) is 5.57. The molecule has 0 atom stereocenters. The molecule has 1 saturated heterocycles. The van der Waals surface area contributed by atoms with E-state index in [1.54, 1.807) is 0 Å². The fourth-order valence-electron chi connectivity index (χ4n) is 5.57. The molecule has 3 heterocycles. The van der Waals surface area contributed by atoms with Gasteiger partial charge in [0.05, 0.1) is 0 Å². The molecular weight excluding hydrogens is 494 g/mol. The Hall–Kier alpha value is -4.42. The minimum atomic E-state index is 0.250. The van der Waals surface area contributed by atoms with Crippen molar-refractivity contribution in [3.8, 4) is 33.4 Å². The molecule has 3 N–H and O–H groups in total. The summed E-state index contributed by atoms with van der Waals surface area (Å²) in [5.74, 6) is 0. The van der Waals surface area contributed by atoms with Gasteiger partial charge in [-0.05, 0) is 91.0 Å². The van der Waals surface area contributed by atoms with Crippen LogP contribution in [-0.2, 0) is 4.79 Å². The maximum absolute atomic E-state index is 8.58. The molecule has 1 aliphatic rings. The average Bonchev–Trinajstić information content (AvgIpc) is 3.39. The van der Waals surface area contributed by atoms with E-state index in [9.17, 15) is 0 Å². The molecule has 0 spiro atoms. The summed E-state index contributed by atoms with van der Waals surface area (Å²) in [6.45, 7) is 11.0. The van der Waals surface area contributed by atoms with Crippen LogP contribution in [0.1, 0.15) is 16.7 Å². The number of primary amides is 1. The second-order valence-electron chi connectivity index (χ2n) is 10.6. The summed E-state index contributed by atoms with van der Waals surface area (Å²) in [6.07, 6.45) is 4.34. The van der Waals surface area contributed by atoms with Crippen LogP contribution < -0.4 is 10.6 Å². The summed E-state index contributed by atoms with van der Waals surface area (Å²) < 4.78 is 0. The number of hydrogen-bond donors (Lipinski definition) is 2. The highest BCUT2D eigenvalue weighted by Crippen LogP contribution is 2.36. The molecule has 0 radical (unpaired) electrons. The number of likely N-dealkylation sites (N-methyl/N-ethyl adjacent to an activating group) is 1. The molecule has 0 unspecified atom stereocenters. The Kier molecular flexibility index (Phi) is 7.99. The highest BCUT2D eigenvalue weighted by atomic mass is 16.1. The molecule has 2 aromatic heterocycles. The largest absolute Gasteiger partial charge is 0.372 e. The van der Waals surface area contributed by atoms with E-state index in [0.29, 0.717) is 0 Å². The molecule has 0 aliphatic carbocycles. The van der Waals surface area contributed by atoms with E-state index in [0.717, 1.165) is 42.8 Å². The maximum atomic E-state index is 8.58. The summed E-state index contributed by atoms with van der Waals surface area (Å²) in [7, 11) is 2.20. The zero-order chi connectivity index (χ0) is 28.2. The Labute approximate surface area is 236 Å². The van der Waals surface area contributed by atoms with Gasteiger partial charge in [-0.1, -0.05) is 42.5 Å². The Morgan fingerprint density at radius 2 is 1.50 bits per heavy atom. The normalized spacial score (nSPS) is 13.7. The highest BCUT2D eigenvalue weighted by molar-refractivity contribution is 5.97. The first kappa shape index (κ1) is 27.2. The molecule has 40 heavy (non-hydrogen) atoms. The molecular formula is C34H37N5O. The Morgan fingerprint density at radius 1 is 0.800 bits per heavy atom. The van der Waals surface area contributed by atoms with Crippen molar-refractivity contribution in [2.45, 2.75) is 20.8 Å². The lowest BCUT2D eigenvalue weighted by atomic mass is 9.91. The lowest BCUT2D eigenvalue weighted by molar-refractivity contribution is -0.106. The molecule has 1 amide bonds. The van der Waals surface area contributed by atoms with Crippen LogP contribution in [0.4, 0.5) is 5.69 Å². The third kappa shape index (κ3) is 5.49. The van der Waals surface area contributed by atoms with Crippen molar-refractivity contribution in [3.05, 3.63) is 95.8 Å². The Balaban J connectivity index is 0.00000103. The SMILES string of the molecule is Cc1cc(-c2cnc3[nH]cc(-c4cc(C)c(C)c(-c5ccccc5)c4)c3c2)ccc1N1CCN(C)CC1.NC=O. The van der Waals surface area contributed by atoms with Gasteiger partial charge in [-0.2, -0.15) is 0 Å². The number of amides is 1. The fraction of sp³-hybridized carbons (Fsp3) is 0.235. The predicted octanol–water partition coefficient (Wildman–Crippen LogP) is 6.34. The number of aromatic nitrogens is 2. The average molecular weight is 532 g/mol. The second kappa shape index (κ2) is 11.8. The lowest BCUT2D eigenvalue weighted by Gasteiger charge is -2.35. The van der Waals surface area contributed by atoms with Crippen molar-refractivity contribution in [3.63, 3.8) is 0 Å². The monoisotopic (exact) mass is 531 g/mol. The van der Waals surface area contributed by atoms with Crippen molar-refractivity contribution in [1.82, 2.24) is 14.9 Å². The summed E-state index contributed by atoms with van der Waals surface area (Å²) in [4.78, 5) is 21.7. The minimum Gasteiger partial charge on any atom is -0.372 e. The van der Waals surface area contributed by atoms with Gasteiger partial charge in [0.2, 0.25) is 6.41 Å². The van der Waals surface area contributed by atoms with Crippen molar-refractivity contribution < 1.29 is 4.79 Å². The minimum absolute atomic E-state index is 0.250. The number of H-pyrrole nitrogens is 1. The van der Waals surface area contributed by atoms with Crippen LogP contribution in [0, 0.1) is 20.8 Å². The van der Waals surface area contributed by atoms with E-state index in [1.807, 2.05) is 6.20 Å². The summed E-state index contributed by atoms with van der Waals surface area (Å²) in [5.41, 5.74) is 17.7. The van der Waals surface area contributed by atoms with Gasteiger partial charge in [0.25, 0.3) is 0 Å². The summed E-state index contributed by atoms with van der Waals surface area (Å²) in [6, 6.07) is 24.4. The van der Waals surface area contributed by atoms with Gasteiger partial charge in [0.1, 0.15) is 5.65 Å². The van der Waals surface area contributed by atoms with E-state index in [2.05, 4.69) is 121 Å². The highest BCUT2D eigenvalue weighted by Gasteiger charge is 2.17. The number of carbonyl (C=O) groups is 1. The number of pyridine rings is 1. The quantitative estimate of drug-likeness (QED) is 0.265. The number of nitrogens with zero attached hydrogens (tertiary/aromatic N) is 3.